The lowest BCUT2D eigenvalue weighted by Gasteiger charge is -2.55. The topological polar surface area (TPSA) is 67.4 Å². The average Bonchev–Trinajstić information content (AvgIpc) is 2.60. The number of aryl methyl sites for hydroxylation is 1. The number of anilines is 1. The van der Waals surface area contributed by atoms with Crippen molar-refractivity contribution in [1.29, 1.82) is 0 Å². The standard InChI is InChI=1S/C23H32N2O3/c1-14(2)28-19-4-5-20(15(3)6-19)25-21(26)13-24-22(27)23-10-16-7-17(11-23)9-18(8-16)12-23/h4-6,14,16-18H,7-13H2,1-3H3,(H,24,27)(H,25,26). The third-order valence-corrected chi connectivity index (χ3v) is 6.77. The lowest BCUT2D eigenvalue weighted by molar-refractivity contribution is -0.146. The predicted molar refractivity (Wildman–Crippen MR) is 109 cm³/mol. The molecule has 5 rings (SSSR count). The number of ether oxygens (including phenoxy) is 1. The summed E-state index contributed by atoms with van der Waals surface area (Å²) in [4.78, 5) is 25.4. The van der Waals surface area contributed by atoms with Gasteiger partial charge in [0.1, 0.15) is 5.75 Å². The Morgan fingerprint density at radius 3 is 2.25 bits per heavy atom. The average molecular weight is 385 g/mol. The van der Waals surface area contributed by atoms with Crippen LogP contribution in [0.3, 0.4) is 0 Å². The third kappa shape index (κ3) is 3.89. The van der Waals surface area contributed by atoms with Crippen molar-refractivity contribution < 1.29 is 14.3 Å². The zero-order chi connectivity index (χ0) is 19.9. The second-order valence-electron chi connectivity index (χ2n) is 9.57. The van der Waals surface area contributed by atoms with Crippen LogP contribution in [0.1, 0.15) is 57.9 Å². The van der Waals surface area contributed by atoms with Crippen LogP contribution in [0.4, 0.5) is 5.69 Å². The van der Waals surface area contributed by atoms with Gasteiger partial charge in [0.2, 0.25) is 11.8 Å². The van der Waals surface area contributed by atoms with Crippen LogP contribution in [0.5, 0.6) is 5.75 Å². The minimum absolute atomic E-state index is 0.0320. The first-order valence-electron chi connectivity index (χ1n) is 10.7. The van der Waals surface area contributed by atoms with Gasteiger partial charge in [-0.15, -0.1) is 0 Å². The van der Waals surface area contributed by atoms with Gasteiger partial charge < -0.3 is 15.4 Å². The maximum atomic E-state index is 13.0. The lowest BCUT2D eigenvalue weighted by atomic mass is 9.49. The smallest absolute Gasteiger partial charge is 0.243 e. The van der Waals surface area contributed by atoms with E-state index in [2.05, 4.69) is 10.6 Å². The number of rotatable bonds is 6. The molecule has 4 saturated carbocycles. The maximum absolute atomic E-state index is 13.0. The van der Waals surface area contributed by atoms with E-state index in [1.54, 1.807) is 0 Å². The minimum Gasteiger partial charge on any atom is -0.491 e. The van der Waals surface area contributed by atoms with Gasteiger partial charge in [0.25, 0.3) is 0 Å². The van der Waals surface area contributed by atoms with Crippen LogP contribution >= 0.6 is 0 Å². The largest absolute Gasteiger partial charge is 0.491 e. The number of amides is 2. The van der Waals surface area contributed by atoms with Gasteiger partial charge >= 0.3 is 0 Å². The molecule has 0 aromatic heterocycles. The quantitative estimate of drug-likeness (QED) is 0.777. The molecule has 4 aliphatic carbocycles. The van der Waals surface area contributed by atoms with Gasteiger partial charge in [0.05, 0.1) is 12.6 Å². The van der Waals surface area contributed by atoms with Crippen LogP contribution in [-0.4, -0.2) is 24.5 Å². The van der Waals surface area contributed by atoms with E-state index in [0.717, 1.165) is 54.0 Å². The molecule has 0 radical (unpaired) electrons. The summed E-state index contributed by atoms with van der Waals surface area (Å²) < 4.78 is 5.68. The summed E-state index contributed by atoms with van der Waals surface area (Å²) in [6.07, 6.45) is 7.09. The van der Waals surface area contributed by atoms with E-state index < -0.39 is 0 Å². The Labute approximate surface area is 167 Å². The molecule has 0 aliphatic heterocycles. The first-order chi connectivity index (χ1) is 13.3. The van der Waals surface area contributed by atoms with E-state index in [0.29, 0.717) is 0 Å². The molecule has 0 spiro atoms. The Hall–Kier alpha value is -2.04. The highest BCUT2D eigenvalue weighted by atomic mass is 16.5. The molecule has 4 bridgehead atoms. The van der Waals surface area contributed by atoms with E-state index in [-0.39, 0.29) is 29.9 Å². The second kappa shape index (κ2) is 7.41. The Bertz CT molecular complexity index is 736. The van der Waals surface area contributed by atoms with Gasteiger partial charge in [0.15, 0.2) is 0 Å². The fourth-order valence-corrected chi connectivity index (χ4v) is 6.05. The van der Waals surface area contributed by atoms with Gasteiger partial charge in [-0.2, -0.15) is 0 Å². The highest BCUT2D eigenvalue weighted by molar-refractivity contribution is 5.96. The summed E-state index contributed by atoms with van der Waals surface area (Å²) >= 11 is 0. The number of hydrogen-bond acceptors (Lipinski definition) is 3. The van der Waals surface area contributed by atoms with Crippen LogP contribution in [0.2, 0.25) is 0 Å². The predicted octanol–water partition coefficient (Wildman–Crippen LogP) is 4.05. The molecule has 4 fully saturated rings. The molecule has 1 aromatic carbocycles. The normalized spacial score (nSPS) is 30.4. The molecular weight excluding hydrogens is 352 g/mol. The van der Waals surface area contributed by atoms with Gasteiger partial charge in [-0.1, -0.05) is 0 Å². The summed E-state index contributed by atoms with van der Waals surface area (Å²) in [6, 6.07) is 5.63. The van der Waals surface area contributed by atoms with Crippen molar-refractivity contribution in [2.45, 2.75) is 65.4 Å². The second-order valence-corrected chi connectivity index (χ2v) is 9.57. The first-order valence-corrected chi connectivity index (χ1v) is 10.7. The van der Waals surface area contributed by atoms with Crippen molar-refractivity contribution in [3.63, 3.8) is 0 Å². The minimum atomic E-state index is -0.208. The summed E-state index contributed by atoms with van der Waals surface area (Å²) in [6.45, 7) is 5.94. The van der Waals surface area contributed by atoms with Crippen LogP contribution < -0.4 is 15.4 Å². The Kier molecular flexibility index (Phi) is 5.11. The van der Waals surface area contributed by atoms with Crippen molar-refractivity contribution in [3.05, 3.63) is 23.8 Å². The van der Waals surface area contributed by atoms with Crippen molar-refractivity contribution >= 4 is 17.5 Å². The number of carbonyl (C=O) groups excluding carboxylic acids is 2. The van der Waals surface area contributed by atoms with Crippen molar-refractivity contribution in [2.75, 3.05) is 11.9 Å². The molecule has 2 N–H and O–H groups in total. The lowest BCUT2D eigenvalue weighted by Crippen LogP contribution is -2.54. The molecule has 5 nitrogen and oxygen atoms in total. The molecule has 152 valence electrons. The molecule has 28 heavy (non-hydrogen) atoms. The fraction of sp³-hybridized carbons (Fsp3) is 0.652. The summed E-state index contributed by atoms with van der Waals surface area (Å²) in [5.74, 6) is 2.87. The molecule has 0 saturated heterocycles. The fourth-order valence-electron chi connectivity index (χ4n) is 6.05. The van der Waals surface area contributed by atoms with Gasteiger partial charge in [-0.3, -0.25) is 9.59 Å². The Morgan fingerprint density at radius 2 is 1.71 bits per heavy atom. The molecule has 1 aromatic rings. The van der Waals surface area contributed by atoms with Gasteiger partial charge in [0, 0.05) is 11.1 Å². The number of carbonyl (C=O) groups is 2. The number of nitrogens with one attached hydrogen (secondary N) is 2. The molecule has 2 amide bonds. The third-order valence-electron chi connectivity index (χ3n) is 6.77. The molecular formula is C23H32N2O3. The zero-order valence-corrected chi connectivity index (χ0v) is 17.2. The molecule has 0 unspecified atom stereocenters. The SMILES string of the molecule is Cc1cc(OC(C)C)ccc1NC(=O)CNC(=O)C12CC3CC(CC(C3)C1)C2. The van der Waals surface area contributed by atoms with Crippen LogP contribution in [0, 0.1) is 30.1 Å². The van der Waals surface area contributed by atoms with Crippen LogP contribution in [-0.2, 0) is 9.59 Å². The zero-order valence-electron chi connectivity index (χ0n) is 17.2. The molecule has 0 heterocycles. The Morgan fingerprint density at radius 1 is 1.11 bits per heavy atom. The van der Waals surface area contributed by atoms with E-state index in [1.165, 1.54) is 19.3 Å². The molecule has 0 atom stereocenters. The highest BCUT2D eigenvalue weighted by Crippen LogP contribution is 2.60. The van der Waals surface area contributed by atoms with Gasteiger partial charge in [-0.05, 0) is 101 Å². The summed E-state index contributed by atoms with van der Waals surface area (Å²) in [5.41, 5.74) is 1.49. The van der Waals surface area contributed by atoms with E-state index in [1.807, 2.05) is 39.0 Å². The van der Waals surface area contributed by atoms with Crippen molar-refractivity contribution in [3.8, 4) is 5.75 Å². The summed E-state index contributed by atoms with van der Waals surface area (Å²) in [7, 11) is 0. The summed E-state index contributed by atoms with van der Waals surface area (Å²) in [5, 5.41) is 5.85. The van der Waals surface area contributed by atoms with E-state index in [9.17, 15) is 9.59 Å². The van der Waals surface area contributed by atoms with Crippen molar-refractivity contribution in [2.24, 2.45) is 23.2 Å². The van der Waals surface area contributed by atoms with Crippen LogP contribution in [0.25, 0.3) is 0 Å². The molecule has 5 heteroatoms. The van der Waals surface area contributed by atoms with Gasteiger partial charge in [-0.25, -0.2) is 0 Å². The maximum Gasteiger partial charge on any atom is 0.243 e. The number of benzene rings is 1. The first kappa shape index (κ1) is 19.3. The Balaban J connectivity index is 1.32. The molecule has 4 aliphatic rings. The highest BCUT2D eigenvalue weighted by Gasteiger charge is 2.54. The van der Waals surface area contributed by atoms with Crippen molar-refractivity contribution in [1.82, 2.24) is 5.32 Å². The van der Waals surface area contributed by atoms with E-state index in [4.69, 9.17) is 4.74 Å². The van der Waals surface area contributed by atoms with Crippen LogP contribution in [0.15, 0.2) is 18.2 Å². The van der Waals surface area contributed by atoms with E-state index >= 15 is 0 Å². The monoisotopic (exact) mass is 384 g/mol. The number of hydrogen-bond donors (Lipinski definition) is 2.